The van der Waals surface area contributed by atoms with Crippen LogP contribution in [0.15, 0.2) is 59.6 Å². The molecule has 0 radical (unpaired) electrons. The normalized spacial score (nSPS) is 17.2. The number of nitrogens with zero attached hydrogens (tertiary/aromatic N) is 1. The van der Waals surface area contributed by atoms with Crippen LogP contribution in [0.4, 0.5) is 0 Å². The fourth-order valence-electron chi connectivity index (χ4n) is 3.05. The zero-order chi connectivity index (χ0) is 14.5. The smallest absolute Gasteiger partial charge is 0.0591 e. The van der Waals surface area contributed by atoms with Crippen molar-refractivity contribution < 1.29 is 0 Å². The van der Waals surface area contributed by atoms with Gasteiger partial charge in [0.25, 0.3) is 0 Å². The molecule has 0 aromatic heterocycles. The van der Waals surface area contributed by atoms with Crippen LogP contribution in [-0.2, 0) is 12.8 Å². The SMILES string of the molecule is Cc1cccc(CCCC2=NC(Cc3ccccc3)C2)c1. The molecular weight excluding hydrogens is 254 g/mol. The van der Waals surface area contributed by atoms with Crippen molar-refractivity contribution in [3.05, 3.63) is 71.3 Å². The van der Waals surface area contributed by atoms with Gasteiger partial charge in [0.15, 0.2) is 0 Å². The van der Waals surface area contributed by atoms with Gasteiger partial charge in [0.05, 0.1) is 6.04 Å². The standard InChI is InChI=1S/C20H23N/c1-16-7-5-10-17(13-16)11-6-12-19-15-20(21-19)14-18-8-3-2-4-9-18/h2-5,7-10,13,20H,6,11-12,14-15H2,1H3. The second kappa shape index (κ2) is 6.71. The van der Waals surface area contributed by atoms with Crippen LogP contribution in [0.25, 0.3) is 0 Å². The first kappa shape index (κ1) is 14.1. The van der Waals surface area contributed by atoms with Crippen LogP contribution >= 0.6 is 0 Å². The zero-order valence-corrected chi connectivity index (χ0v) is 12.8. The first-order chi connectivity index (χ1) is 10.3. The molecular formula is C20H23N. The third kappa shape index (κ3) is 4.04. The Balaban J connectivity index is 1.41. The molecule has 2 aromatic carbocycles. The number of aryl methyl sites for hydroxylation is 2. The van der Waals surface area contributed by atoms with E-state index in [9.17, 15) is 0 Å². The molecule has 0 saturated carbocycles. The fraction of sp³-hybridized carbons (Fsp3) is 0.350. The van der Waals surface area contributed by atoms with Gasteiger partial charge in [-0.15, -0.1) is 0 Å². The molecule has 1 unspecified atom stereocenters. The monoisotopic (exact) mass is 277 g/mol. The first-order valence-electron chi connectivity index (χ1n) is 7.94. The summed E-state index contributed by atoms with van der Waals surface area (Å²) in [4.78, 5) is 4.78. The van der Waals surface area contributed by atoms with E-state index in [-0.39, 0.29) is 0 Å². The maximum absolute atomic E-state index is 4.78. The van der Waals surface area contributed by atoms with Gasteiger partial charge in [0.2, 0.25) is 0 Å². The second-order valence-corrected chi connectivity index (χ2v) is 6.09. The van der Waals surface area contributed by atoms with Gasteiger partial charge in [0.1, 0.15) is 0 Å². The molecule has 0 bridgehead atoms. The van der Waals surface area contributed by atoms with E-state index in [4.69, 9.17) is 4.99 Å². The van der Waals surface area contributed by atoms with Crippen molar-refractivity contribution in [1.82, 2.24) is 0 Å². The number of benzene rings is 2. The molecule has 0 spiro atoms. The molecule has 1 heteroatoms. The van der Waals surface area contributed by atoms with Crippen LogP contribution in [0.5, 0.6) is 0 Å². The third-order valence-corrected chi connectivity index (χ3v) is 4.16. The summed E-state index contributed by atoms with van der Waals surface area (Å²) >= 11 is 0. The summed E-state index contributed by atoms with van der Waals surface area (Å²) in [5.41, 5.74) is 5.64. The molecule has 1 nitrogen and oxygen atoms in total. The quantitative estimate of drug-likeness (QED) is 0.721. The lowest BCUT2D eigenvalue weighted by molar-refractivity contribution is 0.624. The molecule has 1 aliphatic rings. The molecule has 0 aliphatic carbocycles. The van der Waals surface area contributed by atoms with Crippen molar-refractivity contribution >= 4 is 5.71 Å². The zero-order valence-electron chi connectivity index (χ0n) is 12.8. The molecule has 108 valence electrons. The average molecular weight is 277 g/mol. The van der Waals surface area contributed by atoms with Gasteiger partial charge in [-0.05, 0) is 43.7 Å². The van der Waals surface area contributed by atoms with Crippen LogP contribution in [-0.4, -0.2) is 11.8 Å². The molecule has 1 heterocycles. The van der Waals surface area contributed by atoms with Gasteiger partial charge in [-0.3, -0.25) is 4.99 Å². The molecule has 1 atom stereocenters. The number of rotatable bonds is 6. The summed E-state index contributed by atoms with van der Waals surface area (Å²) in [6, 6.07) is 20.1. The molecule has 0 N–H and O–H groups in total. The summed E-state index contributed by atoms with van der Waals surface area (Å²) in [6.07, 6.45) is 5.86. The number of aliphatic imine (C=N–C) groups is 1. The summed E-state index contributed by atoms with van der Waals surface area (Å²) in [5, 5.41) is 0. The molecule has 21 heavy (non-hydrogen) atoms. The number of hydrogen-bond donors (Lipinski definition) is 0. The van der Waals surface area contributed by atoms with E-state index in [1.165, 1.54) is 48.1 Å². The molecule has 0 amide bonds. The Morgan fingerprint density at radius 2 is 1.71 bits per heavy atom. The van der Waals surface area contributed by atoms with Crippen molar-refractivity contribution in [3.8, 4) is 0 Å². The lowest BCUT2D eigenvalue weighted by Crippen LogP contribution is -2.26. The van der Waals surface area contributed by atoms with E-state index >= 15 is 0 Å². The van der Waals surface area contributed by atoms with Gasteiger partial charge >= 0.3 is 0 Å². The van der Waals surface area contributed by atoms with Crippen molar-refractivity contribution in [1.29, 1.82) is 0 Å². The van der Waals surface area contributed by atoms with E-state index in [0.717, 1.165) is 6.42 Å². The summed E-state index contributed by atoms with van der Waals surface area (Å²) in [7, 11) is 0. The molecule has 2 aromatic rings. The van der Waals surface area contributed by atoms with Crippen molar-refractivity contribution in [2.45, 2.75) is 45.1 Å². The Hall–Kier alpha value is -1.89. The van der Waals surface area contributed by atoms with Gasteiger partial charge < -0.3 is 0 Å². The summed E-state index contributed by atoms with van der Waals surface area (Å²) in [6.45, 7) is 2.16. The highest BCUT2D eigenvalue weighted by atomic mass is 14.9. The summed E-state index contributed by atoms with van der Waals surface area (Å²) < 4.78 is 0. The van der Waals surface area contributed by atoms with Crippen molar-refractivity contribution in [3.63, 3.8) is 0 Å². The van der Waals surface area contributed by atoms with Gasteiger partial charge in [0, 0.05) is 12.1 Å². The molecule has 3 rings (SSSR count). The Morgan fingerprint density at radius 3 is 2.48 bits per heavy atom. The lowest BCUT2D eigenvalue weighted by atomic mass is 9.93. The largest absolute Gasteiger partial charge is 0.290 e. The van der Waals surface area contributed by atoms with Crippen LogP contribution in [0, 0.1) is 6.92 Å². The van der Waals surface area contributed by atoms with Crippen LogP contribution in [0.2, 0.25) is 0 Å². The van der Waals surface area contributed by atoms with Gasteiger partial charge in [-0.1, -0.05) is 60.2 Å². The van der Waals surface area contributed by atoms with Gasteiger partial charge in [-0.25, -0.2) is 0 Å². The van der Waals surface area contributed by atoms with E-state index < -0.39 is 0 Å². The Morgan fingerprint density at radius 1 is 0.952 bits per heavy atom. The number of hydrogen-bond acceptors (Lipinski definition) is 1. The lowest BCUT2D eigenvalue weighted by Gasteiger charge is -2.24. The van der Waals surface area contributed by atoms with E-state index in [0.29, 0.717) is 6.04 Å². The van der Waals surface area contributed by atoms with E-state index in [1.807, 2.05) is 0 Å². The average Bonchev–Trinajstić information content (AvgIpc) is 2.46. The van der Waals surface area contributed by atoms with Gasteiger partial charge in [-0.2, -0.15) is 0 Å². The minimum Gasteiger partial charge on any atom is -0.290 e. The highest BCUT2D eigenvalue weighted by molar-refractivity contribution is 5.89. The Labute approximate surface area is 127 Å². The minimum absolute atomic E-state index is 0.529. The predicted octanol–water partition coefficient (Wildman–Crippen LogP) is 4.77. The third-order valence-electron chi connectivity index (χ3n) is 4.16. The Bertz CT molecular complexity index is 613. The predicted molar refractivity (Wildman–Crippen MR) is 90.1 cm³/mol. The second-order valence-electron chi connectivity index (χ2n) is 6.09. The maximum atomic E-state index is 4.78. The van der Waals surface area contributed by atoms with E-state index in [2.05, 4.69) is 61.5 Å². The van der Waals surface area contributed by atoms with Crippen molar-refractivity contribution in [2.24, 2.45) is 4.99 Å². The molecule has 0 saturated heterocycles. The highest BCUT2D eigenvalue weighted by Crippen LogP contribution is 2.21. The highest BCUT2D eigenvalue weighted by Gasteiger charge is 2.20. The fourth-order valence-corrected chi connectivity index (χ4v) is 3.05. The first-order valence-corrected chi connectivity index (χ1v) is 7.94. The summed E-state index contributed by atoms with van der Waals surface area (Å²) in [5.74, 6) is 0. The van der Waals surface area contributed by atoms with E-state index in [1.54, 1.807) is 0 Å². The molecule has 0 fully saturated rings. The van der Waals surface area contributed by atoms with Crippen LogP contribution in [0.3, 0.4) is 0 Å². The van der Waals surface area contributed by atoms with Crippen molar-refractivity contribution in [2.75, 3.05) is 0 Å². The van der Waals surface area contributed by atoms with Crippen LogP contribution in [0.1, 0.15) is 36.0 Å². The topological polar surface area (TPSA) is 12.4 Å². The van der Waals surface area contributed by atoms with Crippen LogP contribution < -0.4 is 0 Å². The Kier molecular flexibility index (Phi) is 4.49. The molecule has 1 aliphatic heterocycles. The maximum Gasteiger partial charge on any atom is 0.0591 e. The minimum atomic E-state index is 0.529.